The van der Waals surface area contributed by atoms with Crippen molar-refractivity contribution >= 4 is 5.91 Å². The molecule has 0 unspecified atom stereocenters. The van der Waals surface area contributed by atoms with Crippen molar-refractivity contribution in [1.82, 2.24) is 15.2 Å². The Morgan fingerprint density at radius 2 is 1.93 bits per heavy atom. The first-order valence-electron chi connectivity index (χ1n) is 10.4. The number of likely N-dealkylation sites (tertiary alicyclic amines) is 1. The normalized spacial score (nSPS) is 20.6. The Kier molecular flexibility index (Phi) is 6.22. The average Bonchev–Trinajstić information content (AvgIpc) is 2.95. The molecule has 2 aliphatic heterocycles. The number of fused-ring (bicyclic) bond motifs is 1. The molecule has 0 radical (unpaired) electrons. The summed E-state index contributed by atoms with van der Waals surface area (Å²) in [6, 6.07) is 14.2. The Morgan fingerprint density at radius 1 is 1.11 bits per heavy atom. The smallest absolute Gasteiger partial charge is 0.223 e. The summed E-state index contributed by atoms with van der Waals surface area (Å²) in [7, 11) is 0. The van der Waals surface area contributed by atoms with Crippen LogP contribution >= 0.6 is 0 Å². The fraction of sp³-hybridized carbons (Fsp3) is 0.478. The van der Waals surface area contributed by atoms with Crippen LogP contribution in [-0.2, 0) is 17.8 Å². The molecule has 1 fully saturated rings. The summed E-state index contributed by atoms with van der Waals surface area (Å²) in [5.74, 6) is 1.96. The number of benzene rings is 1. The lowest BCUT2D eigenvalue weighted by Gasteiger charge is -2.33. The standard InChI is InChI=1S/C23H29N3O2/c27-23(25-16-21-6-3-4-11-24-21)19-8-12-26(13-9-19)17-18-10-14-28-22-7-2-1-5-20(22)15-18/h1-7,11,18-19H,8-10,12-17H2,(H,25,27)/t18-/m0/s1. The van der Waals surface area contributed by atoms with E-state index in [1.165, 1.54) is 5.56 Å². The number of aromatic nitrogens is 1. The molecule has 1 atom stereocenters. The van der Waals surface area contributed by atoms with Crippen molar-refractivity contribution in [3.63, 3.8) is 0 Å². The second kappa shape index (κ2) is 9.20. The molecule has 0 aliphatic carbocycles. The van der Waals surface area contributed by atoms with Crippen molar-refractivity contribution < 1.29 is 9.53 Å². The van der Waals surface area contributed by atoms with Gasteiger partial charge in [-0.25, -0.2) is 0 Å². The number of amides is 1. The molecule has 4 rings (SSSR count). The molecule has 1 saturated heterocycles. The maximum atomic E-state index is 12.5. The average molecular weight is 380 g/mol. The van der Waals surface area contributed by atoms with Crippen molar-refractivity contribution in [2.24, 2.45) is 11.8 Å². The third-order valence-electron chi connectivity index (χ3n) is 5.91. The highest BCUT2D eigenvalue weighted by atomic mass is 16.5. The van der Waals surface area contributed by atoms with Gasteiger partial charge in [0.05, 0.1) is 18.8 Å². The maximum Gasteiger partial charge on any atom is 0.223 e. The molecule has 28 heavy (non-hydrogen) atoms. The number of hydrogen-bond acceptors (Lipinski definition) is 4. The van der Waals surface area contributed by atoms with Crippen LogP contribution < -0.4 is 10.1 Å². The number of rotatable bonds is 5. The van der Waals surface area contributed by atoms with E-state index in [1.807, 2.05) is 24.3 Å². The zero-order valence-corrected chi connectivity index (χ0v) is 16.3. The second-order valence-electron chi connectivity index (χ2n) is 7.93. The van der Waals surface area contributed by atoms with E-state index in [1.54, 1.807) is 6.20 Å². The molecule has 2 aliphatic rings. The van der Waals surface area contributed by atoms with E-state index >= 15 is 0 Å². The highest BCUT2D eigenvalue weighted by molar-refractivity contribution is 5.78. The molecule has 3 heterocycles. The van der Waals surface area contributed by atoms with Crippen molar-refractivity contribution in [3.8, 4) is 5.75 Å². The molecule has 0 bridgehead atoms. The van der Waals surface area contributed by atoms with Gasteiger partial charge in [0, 0.05) is 18.7 Å². The zero-order chi connectivity index (χ0) is 19.2. The van der Waals surface area contributed by atoms with Crippen LogP contribution in [0.1, 0.15) is 30.5 Å². The quantitative estimate of drug-likeness (QED) is 0.868. The van der Waals surface area contributed by atoms with E-state index < -0.39 is 0 Å². The minimum atomic E-state index is 0.123. The van der Waals surface area contributed by atoms with E-state index in [0.717, 1.165) is 63.4 Å². The molecule has 5 nitrogen and oxygen atoms in total. The molecule has 1 amide bonds. The number of nitrogens with one attached hydrogen (secondary N) is 1. The molecule has 1 aromatic heterocycles. The number of ether oxygens (including phenoxy) is 1. The van der Waals surface area contributed by atoms with Crippen LogP contribution in [0, 0.1) is 11.8 Å². The summed E-state index contributed by atoms with van der Waals surface area (Å²) in [6.45, 7) is 4.41. The van der Waals surface area contributed by atoms with Crippen LogP contribution in [0.15, 0.2) is 48.7 Å². The highest BCUT2D eigenvalue weighted by Crippen LogP contribution is 2.28. The zero-order valence-electron chi connectivity index (χ0n) is 16.3. The molecule has 1 N–H and O–H groups in total. The van der Waals surface area contributed by atoms with Crippen LogP contribution in [0.25, 0.3) is 0 Å². The molecule has 0 saturated carbocycles. The van der Waals surface area contributed by atoms with Gasteiger partial charge in [0.25, 0.3) is 0 Å². The van der Waals surface area contributed by atoms with Gasteiger partial charge in [-0.05, 0) is 68.5 Å². The van der Waals surface area contributed by atoms with Gasteiger partial charge in [0.2, 0.25) is 5.91 Å². The minimum Gasteiger partial charge on any atom is -0.493 e. The first kappa shape index (κ1) is 18.9. The highest BCUT2D eigenvalue weighted by Gasteiger charge is 2.27. The largest absolute Gasteiger partial charge is 0.493 e. The van der Waals surface area contributed by atoms with Gasteiger partial charge in [0.15, 0.2) is 0 Å². The first-order valence-corrected chi connectivity index (χ1v) is 10.4. The van der Waals surface area contributed by atoms with E-state index in [9.17, 15) is 4.79 Å². The van der Waals surface area contributed by atoms with E-state index in [0.29, 0.717) is 12.5 Å². The maximum absolute atomic E-state index is 12.5. The number of pyridine rings is 1. The monoisotopic (exact) mass is 379 g/mol. The van der Waals surface area contributed by atoms with Crippen molar-refractivity contribution in [1.29, 1.82) is 0 Å². The summed E-state index contributed by atoms with van der Waals surface area (Å²) in [4.78, 5) is 19.3. The molecular weight excluding hydrogens is 350 g/mol. The Hall–Kier alpha value is -2.40. The molecule has 1 aromatic carbocycles. The molecule has 5 heteroatoms. The van der Waals surface area contributed by atoms with Gasteiger partial charge in [-0.3, -0.25) is 9.78 Å². The lowest BCUT2D eigenvalue weighted by Crippen LogP contribution is -2.42. The third kappa shape index (κ3) is 4.90. The Morgan fingerprint density at radius 3 is 2.75 bits per heavy atom. The summed E-state index contributed by atoms with van der Waals surface area (Å²) < 4.78 is 5.90. The fourth-order valence-corrected chi connectivity index (χ4v) is 4.29. The van der Waals surface area contributed by atoms with Gasteiger partial charge in [-0.15, -0.1) is 0 Å². The van der Waals surface area contributed by atoms with Gasteiger partial charge in [-0.1, -0.05) is 24.3 Å². The lowest BCUT2D eigenvalue weighted by atomic mass is 9.92. The third-order valence-corrected chi connectivity index (χ3v) is 5.91. The Labute approximate surface area is 167 Å². The first-order chi connectivity index (χ1) is 13.8. The van der Waals surface area contributed by atoms with E-state index in [4.69, 9.17) is 4.74 Å². The molecule has 148 valence electrons. The summed E-state index contributed by atoms with van der Waals surface area (Å²) in [5.41, 5.74) is 2.23. The predicted molar refractivity (Wildman–Crippen MR) is 109 cm³/mol. The fourth-order valence-electron chi connectivity index (χ4n) is 4.29. The van der Waals surface area contributed by atoms with Crippen LogP contribution in [0.4, 0.5) is 0 Å². The summed E-state index contributed by atoms with van der Waals surface area (Å²) in [5, 5.41) is 3.05. The number of hydrogen-bond donors (Lipinski definition) is 1. The summed E-state index contributed by atoms with van der Waals surface area (Å²) in [6.07, 6.45) is 5.82. The van der Waals surface area contributed by atoms with E-state index in [-0.39, 0.29) is 11.8 Å². The molecule has 2 aromatic rings. The number of piperidine rings is 1. The van der Waals surface area contributed by atoms with Crippen LogP contribution in [0.5, 0.6) is 5.75 Å². The topological polar surface area (TPSA) is 54.5 Å². The van der Waals surface area contributed by atoms with Crippen molar-refractivity contribution in [2.45, 2.75) is 32.2 Å². The summed E-state index contributed by atoms with van der Waals surface area (Å²) >= 11 is 0. The van der Waals surface area contributed by atoms with Crippen LogP contribution in [-0.4, -0.2) is 42.0 Å². The van der Waals surface area contributed by atoms with Crippen LogP contribution in [0.3, 0.4) is 0 Å². The number of para-hydroxylation sites is 1. The van der Waals surface area contributed by atoms with Crippen molar-refractivity contribution in [2.75, 3.05) is 26.2 Å². The van der Waals surface area contributed by atoms with Crippen molar-refractivity contribution in [3.05, 3.63) is 59.9 Å². The molecular formula is C23H29N3O2. The Balaban J connectivity index is 1.22. The van der Waals surface area contributed by atoms with E-state index in [2.05, 4.69) is 33.4 Å². The van der Waals surface area contributed by atoms with Gasteiger partial charge >= 0.3 is 0 Å². The van der Waals surface area contributed by atoms with Gasteiger partial charge in [0.1, 0.15) is 5.75 Å². The number of nitrogens with zero attached hydrogens (tertiary/aromatic N) is 2. The molecule has 0 spiro atoms. The van der Waals surface area contributed by atoms with Gasteiger partial charge < -0.3 is 15.0 Å². The second-order valence-corrected chi connectivity index (χ2v) is 7.93. The number of carbonyl (C=O) groups is 1. The minimum absolute atomic E-state index is 0.123. The van der Waals surface area contributed by atoms with Gasteiger partial charge in [-0.2, -0.15) is 0 Å². The SMILES string of the molecule is O=C(NCc1ccccn1)C1CCN(C[C@H]2CCOc3ccccc3C2)CC1. The van der Waals surface area contributed by atoms with Crippen LogP contribution in [0.2, 0.25) is 0 Å². The Bertz CT molecular complexity index is 772. The number of carbonyl (C=O) groups excluding carboxylic acids is 1. The lowest BCUT2D eigenvalue weighted by molar-refractivity contribution is -0.126. The predicted octanol–water partition coefficient (Wildman–Crippen LogP) is 3.05.